The van der Waals surface area contributed by atoms with Crippen LogP contribution in [0.4, 0.5) is 0 Å². The van der Waals surface area contributed by atoms with Crippen LogP contribution in [0.15, 0.2) is 4.90 Å². The minimum Gasteiger partial charge on any atom is -0.141 e. The van der Waals surface area contributed by atoms with E-state index in [-0.39, 0.29) is 19.5 Å². The van der Waals surface area contributed by atoms with Crippen molar-refractivity contribution in [2.24, 2.45) is 0 Å². The van der Waals surface area contributed by atoms with Gasteiger partial charge in [-0.25, -0.2) is 0 Å². The van der Waals surface area contributed by atoms with Crippen molar-refractivity contribution in [1.29, 1.82) is 0 Å². The van der Waals surface area contributed by atoms with E-state index in [1.54, 1.807) is 0 Å². The molecule has 0 aliphatic rings. The van der Waals surface area contributed by atoms with Gasteiger partial charge in [-0.05, 0) is 113 Å². The van der Waals surface area contributed by atoms with Gasteiger partial charge in [0.1, 0.15) is 0 Å². The zero-order valence-corrected chi connectivity index (χ0v) is 20.7. The van der Waals surface area contributed by atoms with Gasteiger partial charge in [0.25, 0.3) is 0 Å². The summed E-state index contributed by atoms with van der Waals surface area (Å²) in [6.07, 6.45) is 0. The minimum atomic E-state index is 0. The van der Waals surface area contributed by atoms with E-state index in [1.807, 2.05) is 0 Å². The van der Waals surface area contributed by atoms with E-state index in [1.165, 1.54) is 17.9 Å². The van der Waals surface area contributed by atoms with E-state index in [4.69, 9.17) is 0 Å². The number of hydrogen-bond acceptors (Lipinski definition) is 1. The third-order valence-corrected chi connectivity index (χ3v) is 12.0. The van der Waals surface area contributed by atoms with Gasteiger partial charge in [0.05, 0.1) is 0 Å². The number of benzene rings is 1. The summed E-state index contributed by atoms with van der Waals surface area (Å²) in [5.74, 6) is 0. The molecule has 7 heteroatoms. The summed E-state index contributed by atoms with van der Waals surface area (Å²) in [7, 11) is 0. The molecule has 0 aliphatic heterocycles. The van der Waals surface area contributed by atoms with Gasteiger partial charge in [0, 0.05) is 22.7 Å². The predicted octanol–water partition coefficient (Wildman–Crippen LogP) is 5.00. The Hall–Kier alpha value is 3.84. The molecule has 1 aromatic carbocycles. The molecule has 0 unspecified atom stereocenters. The molecule has 0 spiro atoms. The first-order valence-corrected chi connectivity index (χ1v) is 8.51. The molecule has 0 aliphatic carbocycles. The zero-order valence-electron chi connectivity index (χ0n) is 6.04. The molecule has 0 radical (unpaired) electrons. The van der Waals surface area contributed by atoms with E-state index in [0.717, 1.165) is 4.90 Å². The van der Waals surface area contributed by atoms with Crippen molar-refractivity contribution in [2.45, 2.75) is 4.90 Å². The summed E-state index contributed by atoms with van der Waals surface area (Å²) in [6, 6.07) is 0. The molecule has 0 bridgehead atoms. The van der Waals surface area contributed by atoms with Crippen molar-refractivity contribution in [1.82, 2.24) is 0 Å². The summed E-state index contributed by atoms with van der Waals surface area (Å²) in [6.45, 7) is 0. The van der Waals surface area contributed by atoms with Gasteiger partial charge in [-0.2, -0.15) is 0 Å². The molecule has 0 atom stereocenters. The fourth-order valence-electron chi connectivity index (χ4n) is 0.593. The van der Waals surface area contributed by atoms with Crippen LogP contribution in [0.3, 0.4) is 0 Å². The Morgan fingerprint density at radius 3 is 1.15 bits per heavy atom. The third-order valence-electron chi connectivity index (χ3n) is 1.19. The van der Waals surface area contributed by atoms with Crippen molar-refractivity contribution in [2.75, 3.05) is 0 Å². The molecule has 1 rings (SSSR count). The monoisotopic (exact) mass is 803 g/mol. The smallest absolute Gasteiger partial charge is 0.141 e. The quantitative estimate of drug-likeness (QED) is 0.124. The SMILES string of the molecule is Sc1c(I)c(I)c(I)c(I)c1I.[Zn+2]. The van der Waals surface area contributed by atoms with Gasteiger partial charge >= 0.3 is 19.5 Å². The fourth-order valence-corrected chi connectivity index (χ4v) is 6.00. The molecule has 66 valence electrons. The molecule has 13 heavy (non-hydrogen) atoms. The fraction of sp³-hybridized carbons (Fsp3) is 0. The minimum absolute atomic E-state index is 0. The van der Waals surface area contributed by atoms with Crippen molar-refractivity contribution >= 4 is 126 Å². The topological polar surface area (TPSA) is 0 Å². The molecule has 0 fully saturated rings. The normalized spacial score (nSPS) is 9.69. The van der Waals surface area contributed by atoms with Gasteiger partial charge in [0.2, 0.25) is 0 Å². The van der Waals surface area contributed by atoms with Crippen LogP contribution in [-0.4, -0.2) is 0 Å². The Bertz CT molecular complexity index is 235. The summed E-state index contributed by atoms with van der Waals surface area (Å²) in [5, 5.41) is 0. The number of rotatable bonds is 0. The maximum Gasteiger partial charge on any atom is 2.00 e. The Balaban J connectivity index is 0.00000144. The molecule has 0 heterocycles. The van der Waals surface area contributed by atoms with Crippen molar-refractivity contribution < 1.29 is 19.5 Å². The van der Waals surface area contributed by atoms with Crippen LogP contribution in [0.25, 0.3) is 0 Å². The third kappa shape index (κ3) is 3.92. The Labute approximate surface area is 164 Å². The van der Waals surface area contributed by atoms with E-state index in [9.17, 15) is 0 Å². The van der Waals surface area contributed by atoms with Crippen molar-refractivity contribution in [3.05, 3.63) is 17.9 Å². The van der Waals surface area contributed by atoms with Gasteiger partial charge < -0.3 is 0 Å². The first-order chi connectivity index (χ1) is 5.46. The molecular weight excluding hydrogens is 804 g/mol. The number of halogens is 5. The Kier molecular flexibility index (Phi) is 9.48. The molecule has 0 amide bonds. The second-order valence-electron chi connectivity index (χ2n) is 1.92. The van der Waals surface area contributed by atoms with E-state index in [0.29, 0.717) is 0 Å². The van der Waals surface area contributed by atoms with Crippen LogP contribution in [0.2, 0.25) is 0 Å². The molecule has 1 aromatic rings. The molecule has 0 N–H and O–H groups in total. The van der Waals surface area contributed by atoms with Crippen molar-refractivity contribution in [3.63, 3.8) is 0 Å². The van der Waals surface area contributed by atoms with Crippen LogP contribution in [0.5, 0.6) is 0 Å². The molecular formula is C6HI5SZn+2. The van der Waals surface area contributed by atoms with Crippen LogP contribution < -0.4 is 0 Å². The first-order valence-electron chi connectivity index (χ1n) is 2.67. The number of thiol groups is 1. The average molecular weight is 805 g/mol. The van der Waals surface area contributed by atoms with E-state index in [2.05, 4.69) is 126 Å². The van der Waals surface area contributed by atoms with Crippen LogP contribution >= 0.6 is 126 Å². The van der Waals surface area contributed by atoms with Crippen molar-refractivity contribution in [3.8, 4) is 0 Å². The van der Waals surface area contributed by atoms with Crippen LogP contribution in [0.1, 0.15) is 0 Å². The van der Waals surface area contributed by atoms with Crippen LogP contribution in [0, 0.1) is 17.9 Å². The molecule has 0 nitrogen and oxygen atoms in total. The summed E-state index contributed by atoms with van der Waals surface area (Å²) in [4.78, 5) is 1.10. The van der Waals surface area contributed by atoms with Gasteiger partial charge in [-0.1, -0.05) is 0 Å². The van der Waals surface area contributed by atoms with E-state index >= 15 is 0 Å². The standard InChI is InChI=1S/C6HI5S.Zn/c7-1-2(8)4(10)6(12)5(11)3(1)9;/h12H;/q;+2. The maximum absolute atomic E-state index is 4.47. The Morgan fingerprint density at radius 1 is 0.615 bits per heavy atom. The molecule has 0 saturated heterocycles. The van der Waals surface area contributed by atoms with Gasteiger partial charge in [-0.15, -0.1) is 12.6 Å². The summed E-state index contributed by atoms with van der Waals surface area (Å²) in [5.41, 5.74) is 0. The number of hydrogen-bond donors (Lipinski definition) is 1. The van der Waals surface area contributed by atoms with Crippen LogP contribution in [-0.2, 0) is 19.5 Å². The first kappa shape index (κ1) is 16.8. The average Bonchev–Trinajstić information content (AvgIpc) is 2.08. The zero-order chi connectivity index (χ0) is 9.46. The van der Waals surface area contributed by atoms with Gasteiger partial charge in [0.15, 0.2) is 0 Å². The second-order valence-corrected chi connectivity index (χ2v) is 7.76. The Morgan fingerprint density at radius 2 is 0.846 bits per heavy atom. The van der Waals surface area contributed by atoms with E-state index < -0.39 is 0 Å². The van der Waals surface area contributed by atoms with Gasteiger partial charge in [-0.3, -0.25) is 0 Å². The maximum atomic E-state index is 4.47. The largest absolute Gasteiger partial charge is 2.00 e. The summed E-state index contributed by atoms with van der Waals surface area (Å²) >= 11 is 16.3. The second kappa shape index (κ2) is 7.32. The molecule has 0 aromatic heterocycles. The predicted molar refractivity (Wildman–Crippen MR) is 97.3 cm³/mol. The summed E-state index contributed by atoms with van der Waals surface area (Å²) < 4.78 is 6.46. The molecule has 0 saturated carbocycles.